The summed E-state index contributed by atoms with van der Waals surface area (Å²) in [5, 5.41) is 0.476. The molecular formula is C11H15ClN2O2S. The number of amides is 1. The van der Waals surface area contributed by atoms with Crippen LogP contribution in [0.25, 0.3) is 0 Å². The molecule has 2 N–H and O–H groups in total. The van der Waals surface area contributed by atoms with E-state index < -0.39 is 10.8 Å². The molecular weight excluding hydrogens is 260 g/mol. The van der Waals surface area contributed by atoms with E-state index in [-0.39, 0.29) is 11.7 Å². The molecule has 0 aromatic heterocycles. The first-order valence-electron chi connectivity index (χ1n) is 4.99. The van der Waals surface area contributed by atoms with E-state index in [2.05, 4.69) is 0 Å². The quantitative estimate of drug-likeness (QED) is 0.841. The van der Waals surface area contributed by atoms with Crippen molar-refractivity contribution in [1.82, 2.24) is 4.90 Å². The van der Waals surface area contributed by atoms with Gasteiger partial charge < -0.3 is 10.6 Å². The number of rotatable bonds is 4. The van der Waals surface area contributed by atoms with Crippen molar-refractivity contribution in [3.8, 4) is 0 Å². The third kappa shape index (κ3) is 4.36. The number of nitrogens with two attached hydrogens (primary N) is 1. The van der Waals surface area contributed by atoms with Gasteiger partial charge in [-0.15, -0.1) is 0 Å². The van der Waals surface area contributed by atoms with Crippen molar-refractivity contribution in [1.29, 1.82) is 0 Å². The van der Waals surface area contributed by atoms with Crippen molar-refractivity contribution >= 4 is 34.0 Å². The Balaban J connectivity index is 2.62. The summed E-state index contributed by atoms with van der Waals surface area (Å²) in [6, 6.07) is 5.11. The number of anilines is 1. The molecule has 1 aromatic rings. The first kappa shape index (κ1) is 14.0. The van der Waals surface area contributed by atoms with E-state index in [0.717, 1.165) is 5.56 Å². The number of hydrogen-bond acceptors (Lipinski definition) is 3. The molecule has 6 heteroatoms. The summed E-state index contributed by atoms with van der Waals surface area (Å²) in [6.45, 7) is 0. The van der Waals surface area contributed by atoms with Crippen LogP contribution in [0.15, 0.2) is 18.2 Å². The second-order valence-corrected chi connectivity index (χ2v) is 5.74. The molecule has 0 bridgehead atoms. The van der Waals surface area contributed by atoms with E-state index in [4.69, 9.17) is 17.3 Å². The number of carbonyl (C=O) groups is 1. The van der Waals surface area contributed by atoms with Crippen LogP contribution < -0.4 is 5.73 Å². The third-order valence-electron chi connectivity index (χ3n) is 2.17. The number of carbonyl (C=O) groups excluding carboxylic acids is 1. The molecule has 0 aliphatic carbocycles. The Bertz CT molecular complexity index is 449. The van der Waals surface area contributed by atoms with E-state index in [1.807, 2.05) is 0 Å². The molecule has 1 aromatic carbocycles. The second kappa shape index (κ2) is 6.02. The molecule has 0 heterocycles. The number of nitrogen functional groups attached to an aromatic ring is 1. The van der Waals surface area contributed by atoms with Crippen LogP contribution in [0.5, 0.6) is 0 Å². The summed E-state index contributed by atoms with van der Waals surface area (Å²) in [4.78, 5) is 12.8. The first-order valence-corrected chi connectivity index (χ1v) is 6.85. The SMILES string of the molecule is CN(C)C(=O)CS(=O)Cc1ccc(Cl)c(N)c1. The highest BCUT2D eigenvalue weighted by atomic mass is 35.5. The van der Waals surface area contributed by atoms with Crippen LogP contribution >= 0.6 is 11.6 Å². The number of nitrogens with zero attached hydrogens (tertiary/aromatic N) is 1. The molecule has 94 valence electrons. The Morgan fingerprint density at radius 1 is 1.47 bits per heavy atom. The van der Waals surface area contributed by atoms with Gasteiger partial charge in [0.05, 0.1) is 10.7 Å². The van der Waals surface area contributed by atoms with Gasteiger partial charge in [0, 0.05) is 30.6 Å². The highest BCUT2D eigenvalue weighted by molar-refractivity contribution is 7.84. The maximum absolute atomic E-state index is 11.7. The zero-order valence-electron chi connectivity index (χ0n) is 9.77. The predicted octanol–water partition coefficient (Wildman–Crippen LogP) is 1.26. The van der Waals surface area contributed by atoms with Crippen LogP contribution in [0.1, 0.15) is 5.56 Å². The number of halogens is 1. The van der Waals surface area contributed by atoms with Gasteiger partial charge in [0.2, 0.25) is 5.91 Å². The molecule has 1 rings (SSSR count). The predicted molar refractivity (Wildman–Crippen MR) is 71.3 cm³/mol. The number of benzene rings is 1. The van der Waals surface area contributed by atoms with Crippen LogP contribution in [0, 0.1) is 0 Å². The van der Waals surface area contributed by atoms with Gasteiger partial charge in [-0.1, -0.05) is 17.7 Å². The fraction of sp³-hybridized carbons (Fsp3) is 0.364. The highest BCUT2D eigenvalue weighted by Gasteiger charge is 2.10. The Kier molecular flexibility index (Phi) is 4.96. The zero-order chi connectivity index (χ0) is 13.0. The van der Waals surface area contributed by atoms with E-state index in [9.17, 15) is 9.00 Å². The van der Waals surface area contributed by atoms with E-state index in [1.165, 1.54) is 4.90 Å². The van der Waals surface area contributed by atoms with Crippen molar-refractivity contribution in [2.45, 2.75) is 5.75 Å². The molecule has 0 fully saturated rings. The first-order chi connectivity index (χ1) is 7.90. The highest BCUT2D eigenvalue weighted by Crippen LogP contribution is 2.20. The average molecular weight is 275 g/mol. The molecule has 0 aliphatic heterocycles. The van der Waals surface area contributed by atoms with Crippen LogP contribution in [-0.4, -0.2) is 34.9 Å². The Morgan fingerprint density at radius 2 is 2.12 bits per heavy atom. The van der Waals surface area contributed by atoms with Gasteiger partial charge in [0.1, 0.15) is 5.75 Å². The lowest BCUT2D eigenvalue weighted by molar-refractivity contribution is -0.125. The van der Waals surface area contributed by atoms with Gasteiger partial charge >= 0.3 is 0 Å². The topological polar surface area (TPSA) is 63.4 Å². The monoisotopic (exact) mass is 274 g/mol. The minimum atomic E-state index is -1.23. The molecule has 17 heavy (non-hydrogen) atoms. The van der Waals surface area contributed by atoms with E-state index in [0.29, 0.717) is 16.5 Å². The summed E-state index contributed by atoms with van der Waals surface area (Å²) < 4.78 is 11.7. The normalized spacial score (nSPS) is 12.2. The Labute approximate surface area is 108 Å². The number of hydrogen-bond donors (Lipinski definition) is 1. The average Bonchev–Trinajstić information content (AvgIpc) is 2.23. The summed E-state index contributed by atoms with van der Waals surface area (Å²) in [5.41, 5.74) is 6.91. The van der Waals surface area contributed by atoms with Crippen molar-refractivity contribution in [2.75, 3.05) is 25.6 Å². The maximum Gasteiger partial charge on any atom is 0.234 e. The second-order valence-electron chi connectivity index (χ2n) is 3.87. The van der Waals surface area contributed by atoms with Crippen molar-refractivity contribution in [3.63, 3.8) is 0 Å². The third-order valence-corrected chi connectivity index (χ3v) is 3.74. The molecule has 1 unspecified atom stereocenters. The van der Waals surface area contributed by atoms with E-state index >= 15 is 0 Å². The van der Waals surface area contributed by atoms with Crippen LogP contribution in [-0.2, 0) is 21.3 Å². The van der Waals surface area contributed by atoms with Gasteiger partial charge in [-0.25, -0.2) is 0 Å². The lowest BCUT2D eigenvalue weighted by Gasteiger charge is -2.10. The molecule has 0 saturated carbocycles. The van der Waals surface area contributed by atoms with Crippen LogP contribution in [0.4, 0.5) is 5.69 Å². The standard InChI is InChI=1S/C11H15ClN2O2S/c1-14(2)11(15)7-17(16)6-8-3-4-9(12)10(13)5-8/h3-5H,6-7,13H2,1-2H3. The minimum absolute atomic E-state index is 0.0233. The van der Waals surface area contributed by atoms with Gasteiger partial charge in [-0.05, 0) is 17.7 Å². The summed E-state index contributed by atoms with van der Waals surface area (Å²) in [7, 11) is 2.05. The molecule has 0 radical (unpaired) electrons. The van der Waals surface area contributed by atoms with Crippen LogP contribution in [0.2, 0.25) is 5.02 Å². The van der Waals surface area contributed by atoms with Gasteiger partial charge in [0.15, 0.2) is 0 Å². The summed E-state index contributed by atoms with van der Waals surface area (Å²) in [6.07, 6.45) is 0. The van der Waals surface area contributed by atoms with Crippen molar-refractivity contribution in [3.05, 3.63) is 28.8 Å². The molecule has 1 amide bonds. The van der Waals surface area contributed by atoms with Crippen LogP contribution in [0.3, 0.4) is 0 Å². The van der Waals surface area contributed by atoms with Gasteiger partial charge in [0.25, 0.3) is 0 Å². The Morgan fingerprint density at radius 3 is 2.65 bits per heavy atom. The smallest absolute Gasteiger partial charge is 0.234 e. The molecule has 1 atom stereocenters. The van der Waals surface area contributed by atoms with Gasteiger partial charge in [-0.2, -0.15) is 0 Å². The summed E-state index contributed by atoms with van der Waals surface area (Å²) in [5.74, 6) is 0.182. The maximum atomic E-state index is 11.7. The van der Waals surface area contributed by atoms with Crippen molar-refractivity contribution in [2.24, 2.45) is 0 Å². The molecule has 4 nitrogen and oxygen atoms in total. The molecule has 0 saturated heterocycles. The molecule has 0 aliphatic rings. The Hall–Kier alpha value is -1.07. The fourth-order valence-corrected chi connectivity index (χ4v) is 2.49. The largest absolute Gasteiger partial charge is 0.398 e. The zero-order valence-corrected chi connectivity index (χ0v) is 11.3. The minimum Gasteiger partial charge on any atom is -0.398 e. The lowest BCUT2D eigenvalue weighted by Crippen LogP contribution is -2.27. The summed E-state index contributed by atoms with van der Waals surface area (Å²) >= 11 is 5.78. The fourth-order valence-electron chi connectivity index (χ4n) is 1.19. The van der Waals surface area contributed by atoms with E-state index in [1.54, 1.807) is 32.3 Å². The molecule has 0 spiro atoms. The van der Waals surface area contributed by atoms with Crippen molar-refractivity contribution < 1.29 is 9.00 Å². The van der Waals surface area contributed by atoms with Gasteiger partial charge in [-0.3, -0.25) is 9.00 Å². The lowest BCUT2D eigenvalue weighted by atomic mass is 10.2.